The molecule has 1 atom stereocenters. The number of ether oxygens (including phenoxy) is 1. The van der Waals surface area contributed by atoms with Crippen LogP contribution in [0.2, 0.25) is 0 Å². The van der Waals surface area contributed by atoms with Crippen molar-refractivity contribution < 1.29 is 9.53 Å². The summed E-state index contributed by atoms with van der Waals surface area (Å²) >= 11 is 0. The van der Waals surface area contributed by atoms with Crippen LogP contribution < -0.4 is 5.32 Å². The number of methoxy groups -OCH3 is 1. The fraction of sp³-hybridized carbons (Fsp3) is 0.909. The van der Waals surface area contributed by atoms with Gasteiger partial charge in [0.15, 0.2) is 0 Å². The molecule has 1 rings (SSSR count). The Bertz CT molecular complexity index is 197. The summed E-state index contributed by atoms with van der Waals surface area (Å²) in [6.45, 7) is 2.58. The third kappa shape index (κ3) is 4.18. The molecule has 1 unspecified atom stereocenters. The third-order valence-corrected chi connectivity index (χ3v) is 2.88. The molecule has 1 aliphatic rings. The highest BCUT2D eigenvalue weighted by molar-refractivity contribution is 5.76. The number of piperidine rings is 1. The van der Waals surface area contributed by atoms with E-state index in [0.29, 0.717) is 6.42 Å². The maximum absolute atomic E-state index is 11.8. The lowest BCUT2D eigenvalue weighted by atomic mass is 10.1. The molecule has 1 fully saturated rings. The Balaban J connectivity index is 2.25. The average Bonchev–Trinajstić information content (AvgIpc) is 2.29. The highest BCUT2D eigenvalue weighted by Gasteiger charge is 2.22. The normalized spacial score (nSPS) is 21.7. The van der Waals surface area contributed by atoms with Gasteiger partial charge in [-0.1, -0.05) is 0 Å². The number of amides is 1. The summed E-state index contributed by atoms with van der Waals surface area (Å²) in [5, 5.41) is 3.05. The molecule has 4 heteroatoms. The van der Waals surface area contributed by atoms with Gasteiger partial charge in [0.1, 0.15) is 0 Å². The van der Waals surface area contributed by atoms with Crippen molar-refractivity contribution in [3.63, 3.8) is 0 Å². The first kappa shape index (κ1) is 12.5. The maximum Gasteiger partial charge on any atom is 0.222 e. The Morgan fingerprint density at radius 3 is 3.07 bits per heavy atom. The van der Waals surface area contributed by atoms with Gasteiger partial charge >= 0.3 is 0 Å². The molecule has 15 heavy (non-hydrogen) atoms. The lowest BCUT2D eigenvalue weighted by Gasteiger charge is -2.32. The summed E-state index contributed by atoms with van der Waals surface area (Å²) in [6.07, 6.45) is 3.96. The lowest BCUT2D eigenvalue weighted by molar-refractivity contribution is -0.134. The van der Waals surface area contributed by atoms with E-state index in [4.69, 9.17) is 4.74 Å². The zero-order valence-electron chi connectivity index (χ0n) is 9.79. The molecular formula is C11H22N2O2. The second-order valence-electron chi connectivity index (χ2n) is 4.05. The summed E-state index contributed by atoms with van der Waals surface area (Å²) in [4.78, 5) is 13.7. The first-order valence-electron chi connectivity index (χ1n) is 5.73. The molecule has 0 aromatic rings. The predicted molar refractivity (Wildman–Crippen MR) is 59.8 cm³/mol. The fourth-order valence-electron chi connectivity index (χ4n) is 1.93. The minimum absolute atomic E-state index is 0.243. The SMILES string of the molecule is CNCCCC(=O)N1CCCC(OC)C1. The molecule has 0 saturated carbocycles. The summed E-state index contributed by atoms with van der Waals surface area (Å²) in [6, 6.07) is 0. The number of hydrogen-bond acceptors (Lipinski definition) is 3. The lowest BCUT2D eigenvalue weighted by Crippen LogP contribution is -2.42. The van der Waals surface area contributed by atoms with E-state index in [1.807, 2.05) is 11.9 Å². The molecular weight excluding hydrogens is 192 g/mol. The molecule has 1 saturated heterocycles. The molecule has 0 radical (unpaired) electrons. The molecule has 1 N–H and O–H groups in total. The minimum Gasteiger partial charge on any atom is -0.380 e. The van der Waals surface area contributed by atoms with Gasteiger partial charge in [-0.05, 0) is 32.9 Å². The summed E-state index contributed by atoms with van der Waals surface area (Å²) in [5.74, 6) is 0.270. The van der Waals surface area contributed by atoms with E-state index in [1.54, 1.807) is 7.11 Å². The molecule has 1 amide bonds. The second kappa shape index (κ2) is 6.80. The first-order chi connectivity index (χ1) is 7.27. The average molecular weight is 214 g/mol. The van der Waals surface area contributed by atoms with E-state index in [9.17, 15) is 4.79 Å². The number of hydrogen-bond donors (Lipinski definition) is 1. The third-order valence-electron chi connectivity index (χ3n) is 2.88. The fourth-order valence-corrected chi connectivity index (χ4v) is 1.93. The second-order valence-corrected chi connectivity index (χ2v) is 4.05. The van der Waals surface area contributed by atoms with Crippen LogP contribution in [0.5, 0.6) is 0 Å². The van der Waals surface area contributed by atoms with Gasteiger partial charge in [-0.15, -0.1) is 0 Å². The van der Waals surface area contributed by atoms with Crippen LogP contribution in [0.3, 0.4) is 0 Å². The molecule has 4 nitrogen and oxygen atoms in total. The van der Waals surface area contributed by atoms with Gasteiger partial charge in [-0.25, -0.2) is 0 Å². The van der Waals surface area contributed by atoms with E-state index in [0.717, 1.165) is 38.9 Å². The number of nitrogens with one attached hydrogen (secondary N) is 1. The van der Waals surface area contributed by atoms with Crippen LogP contribution in [0.15, 0.2) is 0 Å². The molecule has 0 aromatic heterocycles. The van der Waals surface area contributed by atoms with Gasteiger partial charge in [0, 0.05) is 26.6 Å². The zero-order valence-corrected chi connectivity index (χ0v) is 9.79. The van der Waals surface area contributed by atoms with Crippen LogP contribution in [0.25, 0.3) is 0 Å². The van der Waals surface area contributed by atoms with Crippen LogP contribution in [0.4, 0.5) is 0 Å². The van der Waals surface area contributed by atoms with E-state index >= 15 is 0 Å². The molecule has 1 aliphatic heterocycles. The number of rotatable bonds is 5. The van der Waals surface area contributed by atoms with Crippen LogP contribution in [0.1, 0.15) is 25.7 Å². The first-order valence-corrected chi connectivity index (χ1v) is 5.73. The largest absolute Gasteiger partial charge is 0.380 e. The highest BCUT2D eigenvalue weighted by Crippen LogP contribution is 2.13. The predicted octanol–water partition coefficient (Wildman–Crippen LogP) is 0.623. The maximum atomic E-state index is 11.8. The van der Waals surface area contributed by atoms with Crippen molar-refractivity contribution in [2.45, 2.75) is 31.8 Å². The van der Waals surface area contributed by atoms with Crippen LogP contribution in [-0.4, -0.2) is 50.7 Å². The van der Waals surface area contributed by atoms with Crippen molar-refractivity contribution in [1.82, 2.24) is 10.2 Å². The molecule has 0 aromatic carbocycles. The Labute approximate surface area is 92.0 Å². The van der Waals surface area contributed by atoms with Gasteiger partial charge in [0.2, 0.25) is 5.91 Å². The molecule has 1 heterocycles. The molecule has 0 spiro atoms. The van der Waals surface area contributed by atoms with E-state index in [1.165, 1.54) is 0 Å². The van der Waals surface area contributed by atoms with Crippen molar-refractivity contribution >= 4 is 5.91 Å². The number of nitrogens with zero attached hydrogens (tertiary/aromatic N) is 1. The highest BCUT2D eigenvalue weighted by atomic mass is 16.5. The Hall–Kier alpha value is -0.610. The van der Waals surface area contributed by atoms with E-state index < -0.39 is 0 Å². The topological polar surface area (TPSA) is 41.6 Å². The van der Waals surface area contributed by atoms with Crippen molar-refractivity contribution in [2.24, 2.45) is 0 Å². The van der Waals surface area contributed by atoms with Crippen molar-refractivity contribution in [3.8, 4) is 0 Å². The van der Waals surface area contributed by atoms with Crippen LogP contribution >= 0.6 is 0 Å². The van der Waals surface area contributed by atoms with Gasteiger partial charge in [-0.3, -0.25) is 4.79 Å². The smallest absolute Gasteiger partial charge is 0.222 e. The summed E-state index contributed by atoms with van der Waals surface area (Å²) in [7, 11) is 3.63. The Morgan fingerprint density at radius 2 is 2.40 bits per heavy atom. The van der Waals surface area contributed by atoms with Gasteiger partial charge in [-0.2, -0.15) is 0 Å². The van der Waals surface area contributed by atoms with Crippen molar-refractivity contribution in [3.05, 3.63) is 0 Å². The molecule has 0 bridgehead atoms. The van der Waals surface area contributed by atoms with Crippen LogP contribution in [0, 0.1) is 0 Å². The summed E-state index contributed by atoms with van der Waals surface area (Å²) < 4.78 is 5.29. The summed E-state index contributed by atoms with van der Waals surface area (Å²) in [5.41, 5.74) is 0. The number of carbonyl (C=O) groups excluding carboxylic acids is 1. The quantitative estimate of drug-likeness (QED) is 0.682. The number of likely N-dealkylation sites (tertiary alicyclic amines) is 1. The monoisotopic (exact) mass is 214 g/mol. The molecule has 0 aliphatic carbocycles. The standard InChI is InChI=1S/C11H22N2O2/c1-12-7-3-6-11(14)13-8-4-5-10(9-13)15-2/h10,12H,3-9H2,1-2H3. The zero-order chi connectivity index (χ0) is 11.1. The van der Waals surface area contributed by atoms with Gasteiger partial charge < -0.3 is 15.0 Å². The van der Waals surface area contributed by atoms with E-state index in [-0.39, 0.29) is 12.0 Å². The van der Waals surface area contributed by atoms with E-state index in [2.05, 4.69) is 5.32 Å². The van der Waals surface area contributed by atoms with Crippen molar-refractivity contribution in [2.75, 3.05) is 33.8 Å². The molecule has 88 valence electrons. The van der Waals surface area contributed by atoms with Crippen molar-refractivity contribution in [1.29, 1.82) is 0 Å². The van der Waals surface area contributed by atoms with Crippen LogP contribution in [-0.2, 0) is 9.53 Å². The number of carbonyl (C=O) groups is 1. The van der Waals surface area contributed by atoms with Gasteiger partial charge in [0.25, 0.3) is 0 Å². The minimum atomic E-state index is 0.243. The van der Waals surface area contributed by atoms with Gasteiger partial charge in [0.05, 0.1) is 6.10 Å². The Kier molecular flexibility index (Phi) is 5.65. The Morgan fingerprint density at radius 1 is 1.60 bits per heavy atom.